The summed E-state index contributed by atoms with van der Waals surface area (Å²) in [6, 6.07) is 59.2. The zero-order valence-corrected chi connectivity index (χ0v) is 29.3. The normalized spacial score (nSPS) is 16.0. The molecular weight excluding hydrogens is 645 g/mol. The first kappa shape index (κ1) is 29.8. The maximum Gasteiger partial charge on any atom is 0.156 e. The summed E-state index contributed by atoms with van der Waals surface area (Å²) in [6.07, 6.45) is 4.09. The first-order valence-corrected chi connectivity index (χ1v) is 18.2. The van der Waals surface area contributed by atoms with Gasteiger partial charge in [-0.3, -0.25) is 0 Å². The van der Waals surface area contributed by atoms with Gasteiger partial charge in [0.15, 0.2) is 5.75 Å². The molecule has 0 radical (unpaired) electrons. The Hall–Kier alpha value is -6.84. The predicted octanol–water partition coefficient (Wildman–Crippen LogP) is 11.0. The van der Waals surface area contributed by atoms with Gasteiger partial charge in [-0.05, 0) is 65.6 Å². The summed E-state index contributed by atoms with van der Waals surface area (Å²) in [4.78, 5) is 0. The van der Waals surface area contributed by atoms with Crippen molar-refractivity contribution in [1.82, 2.24) is 9.13 Å². The van der Waals surface area contributed by atoms with Crippen LogP contribution in [-0.2, 0) is 5.41 Å². The molecule has 0 amide bonds. The number of rotatable bonds is 3. The molecule has 0 fully saturated rings. The van der Waals surface area contributed by atoms with Gasteiger partial charge in [0.05, 0.1) is 33.0 Å². The van der Waals surface area contributed by atoms with Gasteiger partial charge in [-0.2, -0.15) is 0 Å². The van der Waals surface area contributed by atoms with E-state index in [1.807, 2.05) is 6.08 Å². The van der Waals surface area contributed by atoms with Gasteiger partial charge in [0.25, 0.3) is 0 Å². The number of hydrogen-bond acceptors (Lipinski definition) is 1. The van der Waals surface area contributed by atoms with E-state index in [1.54, 1.807) is 0 Å². The van der Waals surface area contributed by atoms with E-state index in [4.69, 9.17) is 4.74 Å². The number of benzene rings is 7. The number of hydrogen-bond donors (Lipinski definition) is 0. The van der Waals surface area contributed by atoms with Gasteiger partial charge in [0, 0.05) is 38.2 Å². The Balaban J connectivity index is 1.31. The first-order valence-electron chi connectivity index (χ1n) is 18.2. The van der Waals surface area contributed by atoms with Crippen LogP contribution in [0, 0.1) is 0 Å². The second-order valence-electron chi connectivity index (χ2n) is 14.1. The van der Waals surface area contributed by atoms with Crippen molar-refractivity contribution in [3.05, 3.63) is 204 Å². The summed E-state index contributed by atoms with van der Waals surface area (Å²) < 4.78 is 12.1. The number of fused-ring (bicyclic) bond motifs is 14. The number of allylic oxidation sites excluding steroid dienone is 1. The smallest absolute Gasteiger partial charge is 0.156 e. The van der Waals surface area contributed by atoms with Gasteiger partial charge < -0.3 is 13.9 Å². The summed E-state index contributed by atoms with van der Waals surface area (Å²) in [5.41, 5.74) is 12.2. The highest BCUT2D eigenvalue weighted by Crippen LogP contribution is 2.59. The van der Waals surface area contributed by atoms with Crippen molar-refractivity contribution in [3.63, 3.8) is 0 Å². The Bertz CT molecular complexity index is 3110. The Morgan fingerprint density at radius 1 is 0.547 bits per heavy atom. The molecule has 4 heterocycles. The van der Waals surface area contributed by atoms with Gasteiger partial charge in [-0.25, -0.2) is 0 Å². The molecule has 250 valence electrons. The van der Waals surface area contributed by atoms with Crippen molar-refractivity contribution < 1.29 is 4.74 Å². The Morgan fingerprint density at radius 3 is 1.98 bits per heavy atom. The van der Waals surface area contributed by atoms with E-state index in [0.717, 1.165) is 44.7 Å². The topological polar surface area (TPSA) is 19.1 Å². The van der Waals surface area contributed by atoms with E-state index in [2.05, 4.69) is 193 Å². The fourth-order valence-corrected chi connectivity index (χ4v) is 9.48. The van der Waals surface area contributed by atoms with Gasteiger partial charge in [0.2, 0.25) is 0 Å². The van der Waals surface area contributed by atoms with Crippen LogP contribution >= 0.6 is 0 Å². The van der Waals surface area contributed by atoms with Gasteiger partial charge in [0.1, 0.15) is 5.75 Å². The molecule has 0 aliphatic carbocycles. The van der Waals surface area contributed by atoms with Gasteiger partial charge >= 0.3 is 0 Å². The van der Waals surface area contributed by atoms with Crippen molar-refractivity contribution in [2.75, 3.05) is 0 Å². The van der Waals surface area contributed by atoms with E-state index in [0.29, 0.717) is 0 Å². The number of para-hydroxylation sites is 4. The highest BCUT2D eigenvalue weighted by molar-refractivity contribution is 6.12. The molecule has 3 nitrogen and oxygen atoms in total. The summed E-state index contributed by atoms with van der Waals surface area (Å²) >= 11 is 0. The number of aromatic nitrogens is 2. The van der Waals surface area contributed by atoms with Crippen LogP contribution in [0.5, 0.6) is 11.5 Å². The molecule has 2 aliphatic rings. The molecule has 1 atom stereocenters. The van der Waals surface area contributed by atoms with E-state index in [-0.39, 0.29) is 0 Å². The molecule has 0 bridgehead atoms. The van der Waals surface area contributed by atoms with Crippen LogP contribution in [0.4, 0.5) is 0 Å². The van der Waals surface area contributed by atoms with Crippen LogP contribution < -0.4 is 15.3 Å². The molecule has 3 heteroatoms. The minimum Gasteiger partial charge on any atom is -0.454 e. The van der Waals surface area contributed by atoms with Crippen molar-refractivity contribution in [2.24, 2.45) is 0 Å². The number of nitrogens with zero attached hydrogens (tertiary/aromatic N) is 2. The molecule has 1 spiro atoms. The van der Waals surface area contributed by atoms with E-state index >= 15 is 0 Å². The highest BCUT2D eigenvalue weighted by atomic mass is 16.5. The molecule has 0 N–H and O–H groups in total. The molecule has 11 rings (SSSR count). The fourth-order valence-electron chi connectivity index (χ4n) is 9.48. The minimum absolute atomic E-state index is 0.637. The van der Waals surface area contributed by atoms with Crippen molar-refractivity contribution in [3.8, 4) is 34.0 Å². The van der Waals surface area contributed by atoms with Crippen LogP contribution in [0.1, 0.15) is 23.6 Å². The minimum atomic E-state index is -0.637. The Labute approximate surface area is 307 Å². The van der Waals surface area contributed by atoms with Crippen LogP contribution in [-0.4, -0.2) is 9.13 Å². The maximum atomic E-state index is 7.23. The number of ether oxygens (including phenoxy) is 1. The third kappa shape index (κ3) is 3.88. The average molecular weight is 679 g/mol. The quantitative estimate of drug-likeness (QED) is 0.182. The zero-order chi connectivity index (χ0) is 35.3. The predicted molar refractivity (Wildman–Crippen MR) is 219 cm³/mol. The lowest BCUT2D eigenvalue weighted by Gasteiger charge is -2.45. The molecule has 1 unspecified atom stereocenters. The average Bonchev–Trinajstić information content (AvgIpc) is 3.74. The molecule has 9 aromatic rings. The second kappa shape index (κ2) is 11.1. The van der Waals surface area contributed by atoms with E-state index < -0.39 is 5.41 Å². The highest BCUT2D eigenvalue weighted by Gasteiger charge is 2.50. The molecule has 7 aromatic carbocycles. The molecule has 53 heavy (non-hydrogen) atoms. The Kier molecular flexibility index (Phi) is 6.24. The molecule has 0 saturated heterocycles. The SMILES string of the molecule is C=C/C=c1\c2n(c3ccccc13)-c1ccccc1C1(C=2C)c2ccccc2Oc2c1ccc1c3ccccc3n(-c3ccc(-c4ccccc4)cc3)c21. The summed E-state index contributed by atoms with van der Waals surface area (Å²) in [5.74, 6) is 1.76. The third-order valence-corrected chi connectivity index (χ3v) is 11.6. The largest absolute Gasteiger partial charge is 0.454 e. The lowest BCUT2D eigenvalue weighted by atomic mass is 9.62. The Morgan fingerprint density at radius 2 is 1.19 bits per heavy atom. The van der Waals surface area contributed by atoms with Crippen LogP contribution in [0.2, 0.25) is 0 Å². The zero-order valence-electron chi connectivity index (χ0n) is 29.3. The molecule has 2 aromatic heterocycles. The van der Waals surface area contributed by atoms with Crippen molar-refractivity contribution in [2.45, 2.75) is 12.3 Å². The van der Waals surface area contributed by atoms with E-state index in [9.17, 15) is 0 Å². The van der Waals surface area contributed by atoms with Gasteiger partial charge in [-0.1, -0.05) is 146 Å². The second-order valence-corrected chi connectivity index (χ2v) is 14.1. The third-order valence-electron chi connectivity index (χ3n) is 11.6. The van der Waals surface area contributed by atoms with Crippen LogP contribution in [0.15, 0.2) is 176 Å². The summed E-state index contributed by atoms with van der Waals surface area (Å²) in [6.45, 7) is 6.48. The lowest BCUT2D eigenvalue weighted by molar-refractivity contribution is 0.441. The molecule has 2 aliphatic heterocycles. The molecule has 0 saturated carbocycles. The van der Waals surface area contributed by atoms with Crippen LogP contribution in [0.25, 0.3) is 66.9 Å². The standard InChI is InChI=1S/C50H34N2O/c1-3-15-38-36-18-8-12-23-44(36)52-45-24-13-9-20-40(45)50(32(2)47(38)52)41-21-10-14-25-46(41)53-49-42(50)31-30-39-37-19-7-11-22-43(37)51(48(39)49)35-28-26-34(27-29-35)33-16-5-4-6-17-33/h3-31H,1H2,2H3/b38-15-. The molecular formula is C50H34N2O. The lowest BCUT2D eigenvalue weighted by Crippen LogP contribution is -2.46. The summed E-state index contributed by atoms with van der Waals surface area (Å²) in [7, 11) is 0. The van der Waals surface area contributed by atoms with Crippen molar-refractivity contribution >= 4 is 44.4 Å². The van der Waals surface area contributed by atoms with Crippen LogP contribution in [0.3, 0.4) is 0 Å². The first-order chi connectivity index (χ1) is 26.2. The maximum absolute atomic E-state index is 7.23. The monoisotopic (exact) mass is 678 g/mol. The van der Waals surface area contributed by atoms with Gasteiger partial charge in [-0.15, -0.1) is 0 Å². The van der Waals surface area contributed by atoms with E-state index in [1.165, 1.54) is 54.8 Å². The summed E-state index contributed by atoms with van der Waals surface area (Å²) in [5, 5.41) is 5.95. The van der Waals surface area contributed by atoms with Crippen molar-refractivity contribution in [1.29, 1.82) is 0 Å². The fraction of sp³-hybridized carbons (Fsp3) is 0.0400.